The van der Waals surface area contributed by atoms with E-state index < -0.39 is 0 Å². The second-order valence-electron chi connectivity index (χ2n) is 4.15. The van der Waals surface area contributed by atoms with Crippen LogP contribution in [0.15, 0.2) is 43.0 Å². The Morgan fingerprint density at radius 3 is 2.88 bits per heavy atom. The van der Waals surface area contributed by atoms with E-state index in [9.17, 15) is 4.79 Å². The van der Waals surface area contributed by atoms with Gasteiger partial charge in [0.05, 0.1) is 0 Å². The van der Waals surface area contributed by atoms with E-state index in [2.05, 4.69) is 30.8 Å². The number of nitrogens with zero attached hydrogens (tertiary/aromatic N) is 1. The second kappa shape index (κ2) is 6.04. The Balaban J connectivity index is 1.90. The number of benzene rings is 1. The molecule has 1 saturated heterocycles. The summed E-state index contributed by atoms with van der Waals surface area (Å²) in [6, 6.07) is 11.0. The van der Waals surface area contributed by atoms with E-state index in [0.717, 1.165) is 11.7 Å². The van der Waals surface area contributed by atoms with Crippen LogP contribution in [0.1, 0.15) is 12.8 Å². The molecule has 0 N–H and O–H groups in total. The zero-order chi connectivity index (χ0) is 12.1. The third-order valence-corrected chi connectivity index (χ3v) is 5.39. The molecule has 0 aromatic heterocycles. The van der Waals surface area contributed by atoms with Crippen LogP contribution in [0, 0.1) is 0 Å². The van der Waals surface area contributed by atoms with E-state index in [0.29, 0.717) is 39.9 Å². The van der Waals surface area contributed by atoms with Crippen LogP contribution in [0.5, 0.6) is 0 Å². The van der Waals surface area contributed by atoms with E-state index in [1.54, 1.807) is 0 Å². The monoisotopic (exact) mass is 295 g/mol. The zero-order valence-corrected chi connectivity index (χ0v) is 11.6. The van der Waals surface area contributed by atoms with Gasteiger partial charge in [-0.25, -0.2) is 0 Å². The summed E-state index contributed by atoms with van der Waals surface area (Å²) in [6.07, 6.45) is 3.55. The molecule has 1 aromatic carbocycles. The second-order valence-corrected chi connectivity index (χ2v) is 6.45. The molecule has 0 bridgehead atoms. The summed E-state index contributed by atoms with van der Waals surface area (Å²) in [6.45, 7) is 4.43. The number of carbonyl (C=O) groups is 1. The number of hydrogen-bond acceptors (Lipinski definition) is 1. The minimum absolute atomic E-state index is 0.291. The van der Waals surface area contributed by atoms with Crippen molar-refractivity contribution in [1.82, 2.24) is 4.90 Å². The summed E-state index contributed by atoms with van der Waals surface area (Å²) in [5, 5.41) is 1.12. The van der Waals surface area contributed by atoms with Crippen molar-refractivity contribution in [3.63, 3.8) is 0 Å². The van der Waals surface area contributed by atoms with Gasteiger partial charge in [0.25, 0.3) is 0 Å². The van der Waals surface area contributed by atoms with Crippen molar-refractivity contribution in [2.24, 2.45) is 0 Å². The van der Waals surface area contributed by atoms with Gasteiger partial charge in [-0.3, -0.25) is 0 Å². The maximum atomic E-state index is 11.7. The molecule has 1 aliphatic heterocycles. The fraction of sp³-hybridized carbons (Fsp3) is 0.357. The molecule has 0 aliphatic carbocycles. The Hall–Kier alpha value is -1.05. The van der Waals surface area contributed by atoms with E-state index >= 15 is 0 Å². The predicted molar refractivity (Wildman–Crippen MR) is 71.6 cm³/mol. The van der Waals surface area contributed by atoms with Gasteiger partial charge in [0.15, 0.2) is 0 Å². The summed E-state index contributed by atoms with van der Waals surface area (Å²) in [5.74, 6) is 0.291. The average molecular weight is 294 g/mol. The van der Waals surface area contributed by atoms with Crippen LogP contribution in [0.4, 0.5) is 0 Å². The van der Waals surface area contributed by atoms with Gasteiger partial charge in [-0.2, -0.15) is 0 Å². The average Bonchev–Trinajstić information content (AvgIpc) is 2.70. The van der Waals surface area contributed by atoms with Crippen molar-refractivity contribution in [2.75, 3.05) is 6.54 Å². The van der Waals surface area contributed by atoms with Gasteiger partial charge in [-0.05, 0) is 0 Å². The molecule has 1 amide bonds. The van der Waals surface area contributed by atoms with Gasteiger partial charge in [0, 0.05) is 0 Å². The molecule has 0 spiro atoms. The van der Waals surface area contributed by atoms with Gasteiger partial charge in [0.1, 0.15) is 0 Å². The Kier molecular flexibility index (Phi) is 4.41. The van der Waals surface area contributed by atoms with Gasteiger partial charge < -0.3 is 0 Å². The van der Waals surface area contributed by atoms with Crippen molar-refractivity contribution in [2.45, 2.75) is 24.2 Å². The minimum atomic E-state index is 0.291. The fourth-order valence-corrected chi connectivity index (χ4v) is 4.33. The molecule has 3 heteroatoms. The Morgan fingerprint density at radius 2 is 2.18 bits per heavy atom. The Morgan fingerprint density at radius 1 is 1.41 bits per heavy atom. The van der Waals surface area contributed by atoms with E-state index in [4.69, 9.17) is 0 Å². The van der Waals surface area contributed by atoms with Crippen LogP contribution in [0.25, 0.3) is 0 Å². The third kappa shape index (κ3) is 3.21. The van der Waals surface area contributed by atoms with Gasteiger partial charge in [-0.15, -0.1) is 0 Å². The number of carbonyl (C=O) groups excluding carboxylic acids is 1. The topological polar surface area (TPSA) is 20.3 Å². The summed E-state index contributed by atoms with van der Waals surface area (Å²) in [5.41, 5.74) is 0. The molecule has 17 heavy (non-hydrogen) atoms. The first-order valence-corrected chi connectivity index (χ1v) is 7.96. The van der Waals surface area contributed by atoms with Crippen molar-refractivity contribution >= 4 is 25.3 Å². The first-order chi connectivity index (χ1) is 8.31. The molecule has 1 heterocycles. The number of hydrogen-bond donors (Lipinski definition) is 0. The first-order valence-electron chi connectivity index (χ1n) is 5.89. The Bertz CT molecular complexity index is 390. The molecule has 1 fully saturated rings. The molecule has 2 nitrogen and oxygen atoms in total. The van der Waals surface area contributed by atoms with Crippen molar-refractivity contribution < 1.29 is 4.79 Å². The quantitative estimate of drug-likeness (QED) is 0.597. The molecule has 1 unspecified atom stereocenters. The molecule has 1 aliphatic rings. The van der Waals surface area contributed by atoms with Crippen molar-refractivity contribution in [1.29, 1.82) is 0 Å². The van der Waals surface area contributed by atoms with Gasteiger partial charge >= 0.3 is 109 Å². The van der Waals surface area contributed by atoms with Gasteiger partial charge in [0.2, 0.25) is 0 Å². The molecule has 1 aromatic rings. The third-order valence-electron chi connectivity index (χ3n) is 2.96. The predicted octanol–water partition coefficient (Wildman–Crippen LogP) is 1.61. The van der Waals surface area contributed by atoms with Crippen LogP contribution in [-0.2, 0) is 4.79 Å². The zero-order valence-electron chi connectivity index (χ0n) is 9.84. The van der Waals surface area contributed by atoms with E-state index in [1.807, 2.05) is 17.0 Å². The molecular weight excluding hydrogens is 277 g/mol. The van der Waals surface area contributed by atoms with Crippen LogP contribution in [0.3, 0.4) is 0 Å². The summed E-state index contributed by atoms with van der Waals surface area (Å²) < 4.78 is 1.41. The molecule has 1 atom stereocenters. The molecule has 0 saturated carbocycles. The number of amides is 1. The van der Waals surface area contributed by atoms with Crippen molar-refractivity contribution in [3.8, 4) is 0 Å². The van der Waals surface area contributed by atoms with Crippen molar-refractivity contribution in [3.05, 3.63) is 43.0 Å². The SMILES string of the molecule is C=CCN1C(=O)CCC1C[Se]c1ccccc1. The standard InChI is InChI=1S/C14H17NOSe/c1-2-10-15-12(8-9-14(15)16)11-17-13-6-4-3-5-7-13/h2-7,12H,1,8-11H2. The van der Waals surface area contributed by atoms with Crippen LogP contribution < -0.4 is 4.46 Å². The normalized spacial score (nSPS) is 19.6. The van der Waals surface area contributed by atoms with Crippen LogP contribution in [0.2, 0.25) is 5.32 Å². The number of likely N-dealkylation sites (tertiary alicyclic amines) is 1. The molecule has 0 radical (unpaired) electrons. The van der Waals surface area contributed by atoms with E-state index in [1.165, 1.54) is 4.46 Å². The molecule has 2 rings (SSSR count). The summed E-state index contributed by atoms with van der Waals surface area (Å²) in [4.78, 5) is 13.7. The first kappa shape index (κ1) is 12.4. The van der Waals surface area contributed by atoms with Crippen LogP contribution in [-0.4, -0.2) is 38.4 Å². The molecule has 90 valence electrons. The van der Waals surface area contributed by atoms with E-state index in [-0.39, 0.29) is 0 Å². The fourth-order valence-electron chi connectivity index (χ4n) is 2.07. The summed E-state index contributed by atoms with van der Waals surface area (Å²) in [7, 11) is 0. The maximum absolute atomic E-state index is 11.7. The molecular formula is C14H17NOSe. The Labute approximate surface area is 109 Å². The van der Waals surface area contributed by atoms with Gasteiger partial charge in [-0.1, -0.05) is 0 Å². The van der Waals surface area contributed by atoms with Crippen LogP contribution >= 0.6 is 0 Å². The number of rotatable bonds is 5. The summed E-state index contributed by atoms with van der Waals surface area (Å²) >= 11 is 0.468.